The normalized spacial score (nSPS) is 19.4. The molecule has 2 aliphatic heterocycles. The van der Waals surface area contributed by atoms with Crippen LogP contribution >= 0.6 is 0 Å². The van der Waals surface area contributed by atoms with Gasteiger partial charge >= 0.3 is 22.8 Å². The summed E-state index contributed by atoms with van der Waals surface area (Å²) in [6, 6.07) is 3.07. The molecule has 3 aromatic rings. The number of fused-ring (bicyclic) bond motifs is 4. The predicted molar refractivity (Wildman–Crippen MR) is 108 cm³/mol. The highest BCUT2D eigenvalue weighted by Gasteiger charge is 2.41. The molecule has 1 N–H and O–H groups in total. The minimum absolute atomic E-state index is 0.0149. The number of phenols is 1. The number of aromatic nitrogens is 6. The maximum Gasteiger partial charge on any atom is 0.347 e. The minimum atomic E-state index is -0.772. The third-order valence-electron chi connectivity index (χ3n) is 6.10. The summed E-state index contributed by atoms with van der Waals surface area (Å²) in [5.41, 5.74) is -0.788. The lowest BCUT2D eigenvalue weighted by atomic mass is 9.89. The molecule has 31 heavy (non-hydrogen) atoms. The Hall–Kier alpha value is -3.96. The number of aromatic hydroxyl groups is 1. The summed E-state index contributed by atoms with van der Waals surface area (Å²) in [5, 5.41) is 9.89. The minimum Gasteiger partial charge on any atom is -0.508 e. The van der Waals surface area contributed by atoms with Crippen molar-refractivity contribution in [2.45, 2.75) is 25.2 Å². The van der Waals surface area contributed by atoms with Crippen molar-refractivity contribution in [2.75, 3.05) is 7.11 Å². The summed E-state index contributed by atoms with van der Waals surface area (Å²) in [5.74, 6) is 0.307. The van der Waals surface area contributed by atoms with Gasteiger partial charge in [-0.3, -0.25) is 0 Å². The van der Waals surface area contributed by atoms with Crippen LogP contribution in [0.5, 0.6) is 11.5 Å². The number of allylic oxidation sites excluding steroid dienone is 2. The van der Waals surface area contributed by atoms with Crippen molar-refractivity contribution in [2.24, 2.45) is 14.1 Å². The molecule has 2 aromatic heterocycles. The van der Waals surface area contributed by atoms with E-state index >= 15 is 0 Å². The average Bonchev–Trinajstić information content (AvgIpc) is 3.12. The zero-order valence-electron chi connectivity index (χ0n) is 17.1. The van der Waals surface area contributed by atoms with Crippen molar-refractivity contribution in [1.82, 2.24) is 27.9 Å². The fourth-order valence-corrected chi connectivity index (χ4v) is 4.58. The summed E-state index contributed by atoms with van der Waals surface area (Å²) in [7, 11) is 4.22. The Kier molecular flexibility index (Phi) is 3.85. The van der Waals surface area contributed by atoms with Crippen molar-refractivity contribution in [3.8, 4) is 11.5 Å². The summed E-state index contributed by atoms with van der Waals surface area (Å²) in [4.78, 5) is 51.1. The van der Waals surface area contributed by atoms with Gasteiger partial charge in [-0.05, 0) is 17.7 Å². The lowest BCUT2D eigenvalue weighted by Gasteiger charge is -2.38. The largest absolute Gasteiger partial charge is 0.508 e. The number of ether oxygens (including phenoxy) is 1. The number of phenolic OH excluding ortho intramolecular Hbond substituents is 1. The first-order valence-electron chi connectivity index (χ1n) is 9.59. The highest BCUT2D eigenvalue weighted by molar-refractivity contribution is 5.46. The van der Waals surface area contributed by atoms with Crippen molar-refractivity contribution >= 4 is 0 Å². The molecule has 0 bridgehead atoms. The van der Waals surface area contributed by atoms with Gasteiger partial charge in [0.1, 0.15) is 17.5 Å². The zero-order valence-corrected chi connectivity index (χ0v) is 17.1. The van der Waals surface area contributed by atoms with E-state index in [9.17, 15) is 24.3 Å². The van der Waals surface area contributed by atoms with Gasteiger partial charge in [0.2, 0.25) is 0 Å². The number of hydrogen-bond donors (Lipinski definition) is 1. The number of hydrogen-bond acceptors (Lipinski definition) is 6. The lowest BCUT2D eigenvalue weighted by Crippen LogP contribution is -2.47. The van der Waals surface area contributed by atoms with Crippen LogP contribution in [0.15, 0.2) is 49.0 Å². The molecule has 4 heterocycles. The molecule has 0 radical (unpaired) electrons. The van der Waals surface area contributed by atoms with E-state index in [1.54, 1.807) is 12.1 Å². The first kappa shape index (κ1) is 19.0. The van der Waals surface area contributed by atoms with E-state index in [4.69, 9.17) is 4.74 Å². The van der Waals surface area contributed by atoms with Crippen LogP contribution in [0.4, 0.5) is 0 Å². The maximum atomic E-state index is 13.0. The van der Waals surface area contributed by atoms with E-state index < -0.39 is 34.8 Å². The molecule has 0 saturated carbocycles. The third-order valence-corrected chi connectivity index (χ3v) is 6.10. The van der Waals surface area contributed by atoms with Gasteiger partial charge in [0.05, 0.1) is 26.2 Å². The van der Waals surface area contributed by atoms with E-state index in [2.05, 4.69) is 0 Å². The number of benzene rings is 1. The van der Waals surface area contributed by atoms with Crippen molar-refractivity contribution in [1.29, 1.82) is 0 Å². The van der Waals surface area contributed by atoms with Crippen molar-refractivity contribution in [3.05, 3.63) is 77.3 Å². The van der Waals surface area contributed by atoms with Crippen LogP contribution < -0.4 is 27.5 Å². The molecule has 0 spiro atoms. The molecule has 0 amide bonds. The number of rotatable bonds is 2. The van der Waals surface area contributed by atoms with Gasteiger partial charge in [0.25, 0.3) is 0 Å². The summed E-state index contributed by atoms with van der Waals surface area (Å²) in [6.45, 7) is 0.157. The van der Waals surface area contributed by atoms with Gasteiger partial charge in [0.15, 0.2) is 0 Å². The van der Waals surface area contributed by atoms with E-state index in [0.29, 0.717) is 16.9 Å². The molecule has 2 atom stereocenters. The zero-order chi connectivity index (χ0) is 22.2. The Balaban J connectivity index is 1.85. The highest BCUT2D eigenvalue weighted by Crippen LogP contribution is 2.42. The van der Waals surface area contributed by atoms with Crippen LogP contribution in [0.25, 0.3) is 0 Å². The molecule has 12 heteroatoms. The lowest BCUT2D eigenvalue weighted by molar-refractivity contribution is 0.243. The Bertz CT molecular complexity index is 1510. The smallest absolute Gasteiger partial charge is 0.347 e. The van der Waals surface area contributed by atoms with Gasteiger partial charge in [-0.1, -0.05) is 6.08 Å². The predicted octanol–water partition coefficient (Wildman–Crippen LogP) is -1.49. The molecule has 2 aliphatic rings. The maximum absolute atomic E-state index is 13.0. The second-order valence-electron chi connectivity index (χ2n) is 7.65. The Morgan fingerprint density at radius 3 is 2.26 bits per heavy atom. The molecular formula is C19H20N6O6. The fraction of sp³-hybridized carbons (Fsp3) is 0.368. The Morgan fingerprint density at radius 1 is 0.935 bits per heavy atom. The summed E-state index contributed by atoms with van der Waals surface area (Å²) >= 11 is 0. The quantitative estimate of drug-likeness (QED) is 0.496. The van der Waals surface area contributed by atoms with Gasteiger partial charge in [0, 0.05) is 25.7 Å². The molecular weight excluding hydrogens is 408 g/mol. The topological polar surface area (TPSA) is 127 Å². The van der Waals surface area contributed by atoms with Crippen LogP contribution in [0.2, 0.25) is 0 Å². The molecule has 0 aliphatic carbocycles. The van der Waals surface area contributed by atoms with Gasteiger partial charge < -0.3 is 9.84 Å². The first-order chi connectivity index (χ1) is 14.8. The molecule has 0 saturated heterocycles. The summed E-state index contributed by atoms with van der Waals surface area (Å²) in [6.07, 6.45) is 1.80. The van der Waals surface area contributed by atoms with Crippen LogP contribution in [0, 0.1) is 0 Å². The average molecular weight is 428 g/mol. The molecule has 0 unspecified atom stereocenters. The third kappa shape index (κ3) is 2.35. The summed E-state index contributed by atoms with van der Waals surface area (Å²) < 4.78 is 12.7. The molecule has 12 nitrogen and oxygen atoms in total. The van der Waals surface area contributed by atoms with E-state index in [1.165, 1.54) is 52.1 Å². The van der Waals surface area contributed by atoms with Crippen molar-refractivity contribution in [3.63, 3.8) is 0 Å². The second-order valence-corrected chi connectivity index (χ2v) is 7.65. The Morgan fingerprint density at radius 2 is 1.58 bits per heavy atom. The monoisotopic (exact) mass is 428 g/mol. The molecule has 5 rings (SSSR count). The fourth-order valence-electron chi connectivity index (χ4n) is 4.58. The van der Waals surface area contributed by atoms with Crippen LogP contribution in [0.3, 0.4) is 0 Å². The standard InChI is InChI=1S/C19H20N6O6/c1-20-16(27)22-7-6-11-13(24(22)18(20)29)9-23-17(28)21(2)19(30)25(23)15(11)12-5-4-10(26)8-14(12)31-3/h4-6,8,13,15,26H,7,9H2,1-3H3/t13-,15-/m1/s1. The number of methoxy groups -OCH3 is 1. The van der Waals surface area contributed by atoms with Crippen LogP contribution in [-0.2, 0) is 27.2 Å². The second kappa shape index (κ2) is 6.27. The van der Waals surface area contributed by atoms with Gasteiger partial charge in [-0.2, -0.15) is 0 Å². The van der Waals surface area contributed by atoms with E-state index in [1.807, 2.05) is 0 Å². The molecule has 1 aromatic carbocycles. The molecule has 162 valence electrons. The van der Waals surface area contributed by atoms with Crippen LogP contribution in [0.1, 0.15) is 17.6 Å². The van der Waals surface area contributed by atoms with Crippen LogP contribution in [-0.4, -0.2) is 40.1 Å². The highest BCUT2D eigenvalue weighted by atomic mass is 16.5. The van der Waals surface area contributed by atoms with E-state index in [-0.39, 0.29) is 18.8 Å². The molecule has 0 fully saturated rings. The van der Waals surface area contributed by atoms with Gasteiger partial charge in [-0.25, -0.2) is 47.0 Å². The van der Waals surface area contributed by atoms with E-state index in [0.717, 1.165) is 9.13 Å². The van der Waals surface area contributed by atoms with Crippen molar-refractivity contribution < 1.29 is 9.84 Å². The van der Waals surface area contributed by atoms with Gasteiger partial charge in [-0.15, -0.1) is 0 Å². The SMILES string of the molecule is COc1cc(O)ccc1[C@H]1C2=CCn3c(=O)n(C)c(=O)n3[C@@H]2Cn2c(=O)n(C)c(=O)n21. The number of nitrogens with zero attached hydrogens (tertiary/aromatic N) is 6. The first-order valence-corrected chi connectivity index (χ1v) is 9.59. The Labute approximate surface area is 173 Å².